The maximum atomic E-state index is 12.5. The fourth-order valence-corrected chi connectivity index (χ4v) is 4.37. The molecule has 0 spiro atoms. The van der Waals surface area contributed by atoms with Gasteiger partial charge in [-0.15, -0.1) is 11.3 Å². The first kappa shape index (κ1) is 22.5. The Morgan fingerprint density at radius 2 is 1.61 bits per heavy atom. The van der Waals surface area contributed by atoms with Crippen molar-refractivity contribution in [3.05, 3.63) is 83.4 Å². The summed E-state index contributed by atoms with van der Waals surface area (Å²) in [5, 5.41) is 6.79. The standard InChI is InChI=1S/C26H25N3O3S/c1-2-32-21-16-14-20(15-17-21)28-26(31)18-10-12-19(13-11-18)27-24(30)8-5-9-25-29-22-6-3-4-7-23(22)33-25/h3-4,6-7,10-17H,2,5,8-9H2,1H3,(H,27,30)(H,28,31). The Morgan fingerprint density at radius 1 is 0.909 bits per heavy atom. The molecule has 0 aliphatic heterocycles. The number of carbonyl (C=O) groups excluding carboxylic acids is 2. The SMILES string of the molecule is CCOc1ccc(NC(=O)c2ccc(NC(=O)CCCc3nc4ccccc4s3)cc2)cc1. The molecule has 0 saturated carbocycles. The maximum absolute atomic E-state index is 12.5. The van der Waals surface area contributed by atoms with Gasteiger partial charge in [-0.1, -0.05) is 12.1 Å². The normalized spacial score (nSPS) is 10.7. The summed E-state index contributed by atoms with van der Waals surface area (Å²) in [6, 6.07) is 22.1. The van der Waals surface area contributed by atoms with E-state index in [0.717, 1.165) is 29.1 Å². The van der Waals surface area contributed by atoms with Crippen molar-refractivity contribution in [1.29, 1.82) is 0 Å². The van der Waals surface area contributed by atoms with E-state index in [9.17, 15) is 9.59 Å². The van der Waals surface area contributed by atoms with Gasteiger partial charge >= 0.3 is 0 Å². The highest BCUT2D eigenvalue weighted by atomic mass is 32.1. The molecule has 0 unspecified atom stereocenters. The number of anilines is 2. The molecule has 7 heteroatoms. The van der Waals surface area contributed by atoms with Crippen molar-refractivity contribution >= 4 is 44.7 Å². The molecule has 0 aliphatic carbocycles. The molecule has 0 aliphatic rings. The van der Waals surface area contributed by atoms with E-state index in [2.05, 4.69) is 21.7 Å². The third-order valence-electron chi connectivity index (χ3n) is 4.99. The third-order valence-corrected chi connectivity index (χ3v) is 6.08. The van der Waals surface area contributed by atoms with Gasteiger partial charge in [0.2, 0.25) is 5.91 Å². The molecule has 4 aromatic rings. The second-order valence-electron chi connectivity index (χ2n) is 7.47. The second-order valence-corrected chi connectivity index (χ2v) is 8.58. The number of amides is 2. The van der Waals surface area contributed by atoms with Crippen LogP contribution in [-0.4, -0.2) is 23.4 Å². The molecule has 1 aromatic heterocycles. The number of hydrogen-bond acceptors (Lipinski definition) is 5. The second kappa shape index (κ2) is 10.7. The number of nitrogens with zero attached hydrogens (tertiary/aromatic N) is 1. The van der Waals surface area contributed by atoms with Crippen LogP contribution < -0.4 is 15.4 Å². The van der Waals surface area contributed by atoms with E-state index in [-0.39, 0.29) is 11.8 Å². The first-order valence-corrected chi connectivity index (χ1v) is 11.7. The van der Waals surface area contributed by atoms with Crippen molar-refractivity contribution in [3.63, 3.8) is 0 Å². The zero-order valence-electron chi connectivity index (χ0n) is 18.3. The number of thiazole rings is 1. The van der Waals surface area contributed by atoms with Crippen molar-refractivity contribution in [3.8, 4) is 5.75 Å². The van der Waals surface area contributed by atoms with E-state index in [1.807, 2.05) is 37.3 Å². The third kappa shape index (κ3) is 6.17. The molecular weight excluding hydrogens is 434 g/mol. The molecule has 33 heavy (non-hydrogen) atoms. The predicted molar refractivity (Wildman–Crippen MR) is 133 cm³/mol. The van der Waals surface area contributed by atoms with Crippen molar-refractivity contribution in [2.45, 2.75) is 26.2 Å². The highest BCUT2D eigenvalue weighted by Gasteiger charge is 2.09. The fraction of sp³-hybridized carbons (Fsp3) is 0.192. The van der Waals surface area contributed by atoms with E-state index in [1.54, 1.807) is 47.7 Å². The zero-order chi connectivity index (χ0) is 23.0. The molecule has 2 amide bonds. The first-order valence-electron chi connectivity index (χ1n) is 10.9. The molecule has 2 N–H and O–H groups in total. The van der Waals surface area contributed by atoms with Crippen molar-refractivity contribution in [2.24, 2.45) is 0 Å². The Labute approximate surface area is 196 Å². The minimum absolute atomic E-state index is 0.0531. The summed E-state index contributed by atoms with van der Waals surface area (Å²) in [5.74, 6) is 0.492. The molecule has 4 rings (SSSR count). The maximum Gasteiger partial charge on any atom is 0.255 e. The lowest BCUT2D eigenvalue weighted by molar-refractivity contribution is -0.116. The zero-order valence-corrected chi connectivity index (χ0v) is 19.2. The molecule has 0 radical (unpaired) electrons. The summed E-state index contributed by atoms with van der Waals surface area (Å²) in [4.78, 5) is 29.4. The molecule has 168 valence electrons. The summed E-state index contributed by atoms with van der Waals surface area (Å²) in [5.41, 5.74) is 2.87. The van der Waals surface area contributed by atoms with Crippen LogP contribution in [0.3, 0.4) is 0 Å². The lowest BCUT2D eigenvalue weighted by Crippen LogP contribution is -2.13. The van der Waals surface area contributed by atoms with E-state index in [4.69, 9.17) is 4.74 Å². The van der Waals surface area contributed by atoms with E-state index in [1.165, 1.54) is 4.70 Å². The Hall–Kier alpha value is -3.71. The molecule has 0 bridgehead atoms. The lowest BCUT2D eigenvalue weighted by Gasteiger charge is -2.08. The van der Waals surface area contributed by atoms with Crippen LogP contribution in [0.1, 0.15) is 35.1 Å². The van der Waals surface area contributed by atoms with Crippen LogP contribution in [0.4, 0.5) is 11.4 Å². The molecule has 0 fully saturated rings. The van der Waals surface area contributed by atoms with E-state index in [0.29, 0.717) is 30.0 Å². The van der Waals surface area contributed by atoms with Gasteiger partial charge in [0.05, 0.1) is 21.8 Å². The minimum Gasteiger partial charge on any atom is -0.494 e. The van der Waals surface area contributed by atoms with Gasteiger partial charge in [-0.05, 0) is 80.4 Å². The average molecular weight is 460 g/mol. The number of hydrogen-bond donors (Lipinski definition) is 2. The van der Waals surface area contributed by atoms with Gasteiger partial charge in [-0.3, -0.25) is 9.59 Å². The van der Waals surface area contributed by atoms with Gasteiger partial charge in [-0.25, -0.2) is 4.98 Å². The van der Waals surface area contributed by atoms with Gasteiger partial charge in [0, 0.05) is 23.4 Å². The van der Waals surface area contributed by atoms with Crippen LogP contribution in [0.15, 0.2) is 72.8 Å². The number of nitrogens with one attached hydrogen (secondary N) is 2. The molecule has 3 aromatic carbocycles. The van der Waals surface area contributed by atoms with Crippen LogP contribution in [0.25, 0.3) is 10.2 Å². The highest BCUT2D eigenvalue weighted by molar-refractivity contribution is 7.18. The number of benzene rings is 3. The van der Waals surface area contributed by atoms with Crippen LogP contribution in [-0.2, 0) is 11.2 Å². The summed E-state index contributed by atoms with van der Waals surface area (Å²) in [6.07, 6.45) is 1.92. The highest BCUT2D eigenvalue weighted by Crippen LogP contribution is 2.23. The number of ether oxygens (including phenoxy) is 1. The van der Waals surface area contributed by atoms with Crippen LogP contribution >= 0.6 is 11.3 Å². The summed E-state index contributed by atoms with van der Waals surface area (Å²) < 4.78 is 6.57. The van der Waals surface area contributed by atoms with Gasteiger partial charge in [0.15, 0.2) is 0 Å². The molecule has 0 saturated heterocycles. The lowest BCUT2D eigenvalue weighted by atomic mass is 10.1. The number of rotatable bonds is 9. The number of carbonyl (C=O) groups is 2. The fourth-order valence-electron chi connectivity index (χ4n) is 3.36. The Bertz CT molecular complexity index is 1200. The topological polar surface area (TPSA) is 80.3 Å². The predicted octanol–water partition coefficient (Wildman–Crippen LogP) is 5.91. The van der Waals surface area contributed by atoms with Gasteiger partial charge in [-0.2, -0.15) is 0 Å². The Morgan fingerprint density at radius 3 is 2.33 bits per heavy atom. The van der Waals surface area contributed by atoms with Gasteiger partial charge in [0.1, 0.15) is 5.75 Å². The van der Waals surface area contributed by atoms with Crippen LogP contribution in [0.2, 0.25) is 0 Å². The van der Waals surface area contributed by atoms with Crippen molar-refractivity contribution in [2.75, 3.05) is 17.2 Å². The summed E-state index contributed by atoms with van der Waals surface area (Å²) in [6.45, 7) is 2.52. The number of fused-ring (bicyclic) bond motifs is 1. The quantitative estimate of drug-likeness (QED) is 0.326. The molecule has 0 atom stereocenters. The van der Waals surface area contributed by atoms with Crippen LogP contribution in [0, 0.1) is 0 Å². The first-order chi connectivity index (χ1) is 16.1. The monoisotopic (exact) mass is 459 g/mol. The molecule has 6 nitrogen and oxygen atoms in total. The average Bonchev–Trinajstić information content (AvgIpc) is 3.24. The molecule has 1 heterocycles. The number of aromatic nitrogens is 1. The minimum atomic E-state index is -0.215. The van der Waals surface area contributed by atoms with Gasteiger partial charge in [0.25, 0.3) is 5.91 Å². The number of para-hydroxylation sites is 1. The summed E-state index contributed by atoms with van der Waals surface area (Å²) in [7, 11) is 0. The Kier molecular flexibility index (Phi) is 7.32. The largest absolute Gasteiger partial charge is 0.494 e. The smallest absolute Gasteiger partial charge is 0.255 e. The van der Waals surface area contributed by atoms with E-state index < -0.39 is 0 Å². The molecular formula is C26H25N3O3S. The van der Waals surface area contributed by atoms with Crippen molar-refractivity contribution < 1.29 is 14.3 Å². The van der Waals surface area contributed by atoms with E-state index >= 15 is 0 Å². The Balaban J connectivity index is 1.24. The van der Waals surface area contributed by atoms with Gasteiger partial charge < -0.3 is 15.4 Å². The number of aryl methyl sites for hydroxylation is 1. The summed E-state index contributed by atoms with van der Waals surface area (Å²) >= 11 is 1.67. The van der Waals surface area contributed by atoms with Crippen molar-refractivity contribution in [1.82, 2.24) is 4.98 Å². The van der Waals surface area contributed by atoms with Crippen LogP contribution in [0.5, 0.6) is 5.75 Å².